The highest BCUT2D eigenvalue weighted by molar-refractivity contribution is 6.30. The average molecular weight is 428 g/mol. The van der Waals surface area contributed by atoms with Crippen LogP contribution in [-0.2, 0) is 11.3 Å². The summed E-state index contributed by atoms with van der Waals surface area (Å²) >= 11 is 6.10. The molecule has 6 heteroatoms. The van der Waals surface area contributed by atoms with Gasteiger partial charge in [0.05, 0.1) is 17.2 Å². The quantitative estimate of drug-likeness (QED) is 0.680. The molecule has 0 aromatic heterocycles. The highest BCUT2D eigenvalue weighted by atomic mass is 35.5. The van der Waals surface area contributed by atoms with E-state index in [1.54, 1.807) is 12.1 Å². The molecule has 1 heterocycles. The standard InChI is InChI=1S/C24H30ClN3O2/c1-17(2)14-26-24(30)21-10-3-4-11-22(21)27-23(29)19-8-6-12-28(16-19)15-18-7-5-9-20(25)13-18/h3-5,7,9-11,13,17,19H,6,8,12,14-16H2,1-2H3,(H,26,30)(H,27,29). The summed E-state index contributed by atoms with van der Waals surface area (Å²) in [6, 6.07) is 15.0. The molecule has 2 N–H and O–H groups in total. The Hall–Kier alpha value is -2.37. The van der Waals surface area contributed by atoms with E-state index in [-0.39, 0.29) is 17.7 Å². The summed E-state index contributed by atoms with van der Waals surface area (Å²) in [6.45, 7) is 7.13. The summed E-state index contributed by atoms with van der Waals surface area (Å²) in [4.78, 5) is 27.8. The van der Waals surface area contributed by atoms with Crippen LogP contribution in [0.2, 0.25) is 5.02 Å². The largest absolute Gasteiger partial charge is 0.352 e. The molecular formula is C24H30ClN3O2. The maximum Gasteiger partial charge on any atom is 0.253 e. The van der Waals surface area contributed by atoms with Crippen LogP contribution >= 0.6 is 11.6 Å². The zero-order valence-corrected chi connectivity index (χ0v) is 18.4. The number of anilines is 1. The van der Waals surface area contributed by atoms with Gasteiger partial charge in [0.25, 0.3) is 5.91 Å². The molecule has 2 aromatic carbocycles. The third kappa shape index (κ3) is 6.31. The Morgan fingerprint density at radius 1 is 1.17 bits per heavy atom. The van der Waals surface area contributed by atoms with Crippen LogP contribution in [0.4, 0.5) is 5.69 Å². The molecule has 160 valence electrons. The second-order valence-electron chi connectivity index (χ2n) is 8.34. The van der Waals surface area contributed by atoms with E-state index in [9.17, 15) is 9.59 Å². The lowest BCUT2D eigenvalue weighted by Gasteiger charge is -2.32. The van der Waals surface area contributed by atoms with Gasteiger partial charge in [-0.3, -0.25) is 14.5 Å². The number of rotatable bonds is 7. The van der Waals surface area contributed by atoms with Gasteiger partial charge in [0.15, 0.2) is 0 Å². The SMILES string of the molecule is CC(C)CNC(=O)c1ccccc1NC(=O)C1CCCN(Cc2cccc(Cl)c2)C1. The van der Waals surface area contributed by atoms with Crippen molar-refractivity contribution in [2.24, 2.45) is 11.8 Å². The van der Waals surface area contributed by atoms with Crippen molar-refractivity contribution in [3.05, 3.63) is 64.7 Å². The van der Waals surface area contributed by atoms with Crippen molar-refractivity contribution in [1.29, 1.82) is 0 Å². The summed E-state index contributed by atoms with van der Waals surface area (Å²) in [5, 5.41) is 6.64. The molecule has 3 rings (SSSR count). The Labute approximate surface area is 183 Å². The molecule has 1 unspecified atom stereocenters. The Morgan fingerprint density at radius 2 is 1.97 bits per heavy atom. The van der Waals surface area contributed by atoms with Crippen LogP contribution in [0, 0.1) is 11.8 Å². The predicted molar refractivity (Wildman–Crippen MR) is 122 cm³/mol. The molecule has 0 radical (unpaired) electrons. The number of hydrogen-bond acceptors (Lipinski definition) is 3. The number of piperidine rings is 1. The molecule has 2 aromatic rings. The Bertz CT molecular complexity index is 884. The van der Waals surface area contributed by atoms with Gasteiger partial charge < -0.3 is 10.6 Å². The summed E-state index contributed by atoms with van der Waals surface area (Å²) in [7, 11) is 0. The van der Waals surface area contributed by atoms with E-state index >= 15 is 0 Å². The molecule has 0 spiro atoms. The molecule has 1 atom stereocenters. The number of hydrogen-bond donors (Lipinski definition) is 2. The van der Waals surface area contributed by atoms with E-state index in [1.807, 2.05) is 44.2 Å². The zero-order valence-electron chi connectivity index (χ0n) is 17.7. The normalized spacial score (nSPS) is 17.0. The minimum atomic E-state index is -0.161. The number of likely N-dealkylation sites (tertiary alicyclic amines) is 1. The van der Waals surface area contributed by atoms with Crippen LogP contribution in [0.1, 0.15) is 42.6 Å². The zero-order chi connectivity index (χ0) is 21.5. The van der Waals surface area contributed by atoms with Crippen molar-refractivity contribution in [3.8, 4) is 0 Å². The van der Waals surface area contributed by atoms with Crippen LogP contribution in [0.3, 0.4) is 0 Å². The van der Waals surface area contributed by atoms with Crippen molar-refractivity contribution in [3.63, 3.8) is 0 Å². The maximum atomic E-state index is 13.0. The fourth-order valence-corrected chi connectivity index (χ4v) is 3.94. The third-order valence-electron chi connectivity index (χ3n) is 5.27. The van der Waals surface area contributed by atoms with Gasteiger partial charge in [0.1, 0.15) is 0 Å². The van der Waals surface area contributed by atoms with Gasteiger partial charge in [0.2, 0.25) is 5.91 Å². The molecule has 0 saturated carbocycles. The number of carbonyl (C=O) groups is 2. The predicted octanol–water partition coefficient (Wildman–Crippen LogP) is 4.58. The smallest absolute Gasteiger partial charge is 0.253 e. The highest BCUT2D eigenvalue weighted by Gasteiger charge is 2.26. The van der Waals surface area contributed by atoms with Crippen molar-refractivity contribution in [1.82, 2.24) is 10.2 Å². The molecule has 1 fully saturated rings. The number of carbonyl (C=O) groups excluding carboxylic acids is 2. The molecule has 0 aliphatic carbocycles. The Kier molecular flexibility index (Phi) is 7.88. The summed E-state index contributed by atoms with van der Waals surface area (Å²) in [5.74, 6) is 0.0638. The van der Waals surface area contributed by atoms with Gasteiger partial charge in [-0.2, -0.15) is 0 Å². The van der Waals surface area contributed by atoms with Gasteiger partial charge in [-0.15, -0.1) is 0 Å². The molecule has 1 saturated heterocycles. The summed E-state index contributed by atoms with van der Waals surface area (Å²) in [5.41, 5.74) is 2.21. The summed E-state index contributed by atoms with van der Waals surface area (Å²) < 4.78 is 0. The monoisotopic (exact) mass is 427 g/mol. The lowest BCUT2D eigenvalue weighted by molar-refractivity contribution is -0.121. The first-order chi connectivity index (χ1) is 14.4. The number of para-hydroxylation sites is 1. The summed E-state index contributed by atoms with van der Waals surface area (Å²) in [6.07, 6.45) is 1.81. The number of nitrogens with zero attached hydrogens (tertiary/aromatic N) is 1. The number of nitrogens with one attached hydrogen (secondary N) is 2. The van der Waals surface area contributed by atoms with Crippen LogP contribution in [0.15, 0.2) is 48.5 Å². The molecular weight excluding hydrogens is 398 g/mol. The van der Waals surface area contributed by atoms with Crippen molar-refractivity contribution >= 4 is 29.1 Å². The van der Waals surface area contributed by atoms with E-state index in [0.717, 1.165) is 36.5 Å². The van der Waals surface area contributed by atoms with Gasteiger partial charge in [-0.05, 0) is 55.1 Å². The molecule has 5 nitrogen and oxygen atoms in total. The fourth-order valence-electron chi connectivity index (χ4n) is 3.72. The van der Waals surface area contributed by atoms with Gasteiger partial charge in [-0.1, -0.05) is 49.7 Å². The Morgan fingerprint density at radius 3 is 2.73 bits per heavy atom. The minimum Gasteiger partial charge on any atom is -0.352 e. The maximum absolute atomic E-state index is 13.0. The van der Waals surface area contributed by atoms with E-state index < -0.39 is 0 Å². The Balaban J connectivity index is 1.62. The van der Waals surface area contributed by atoms with Crippen molar-refractivity contribution in [2.45, 2.75) is 33.2 Å². The topological polar surface area (TPSA) is 61.4 Å². The van der Waals surface area contributed by atoms with Crippen LogP contribution in [0.5, 0.6) is 0 Å². The molecule has 0 bridgehead atoms. The van der Waals surface area contributed by atoms with Crippen molar-refractivity contribution < 1.29 is 9.59 Å². The van der Waals surface area contributed by atoms with E-state index in [2.05, 4.69) is 21.6 Å². The number of benzene rings is 2. The van der Waals surface area contributed by atoms with E-state index in [0.29, 0.717) is 30.3 Å². The van der Waals surface area contributed by atoms with Crippen LogP contribution < -0.4 is 10.6 Å². The van der Waals surface area contributed by atoms with Gasteiger partial charge in [0, 0.05) is 24.7 Å². The first kappa shape index (κ1) is 22.3. The van der Waals surface area contributed by atoms with E-state index in [4.69, 9.17) is 11.6 Å². The van der Waals surface area contributed by atoms with Gasteiger partial charge >= 0.3 is 0 Å². The second-order valence-corrected chi connectivity index (χ2v) is 8.78. The molecule has 1 aliphatic heterocycles. The lowest BCUT2D eigenvalue weighted by atomic mass is 9.96. The first-order valence-electron chi connectivity index (χ1n) is 10.6. The fraction of sp³-hybridized carbons (Fsp3) is 0.417. The minimum absolute atomic E-state index is 0.0325. The highest BCUT2D eigenvalue weighted by Crippen LogP contribution is 2.23. The van der Waals surface area contributed by atoms with Crippen LogP contribution in [0.25, 0.3) is 0 Å². The average Bonchev–Trinajstić information content (AvgIpc) is 2.72. The molecule has 1 aliphatic rings. The van der Waals surface area contributed by atoms with E-state index in [1.165, 1.54) is 0 Å². The van der Waals surface area contributed by atoms with Crippen molar-refractivity contribution in [2.75, 3.05) is 25.0 Å². The number of halogens is 1. The second kappa shape index (κ2) is 10.6. The number of amides is 2. The van der Waals surface area contributed by atoms with Crippen LogP contribution in [-0.4, -0.2) is 36.3 Å². The van der Waals surface area contributed by atoms with Gasteiger partial charge in [-0.25, -0.2) is 0 Å². The molecule has 2 amide bonds. The lowest BCUT2D eigenvalue weighted by Crippen LogP contribution is -2.40. The molecule has 30 heavy (non-hydrogen) atoms. The first-order valence-corrected chi connectivity index (χ1v) is 10.9. The third-order valence-corrected chi connectivity index (χ3v) is 5.51.